The Kier molecular flexibility index (Phi) is 4.52. The van der Waals surface area contributed by atoms with Crippen LogP contribution in [0, 0.1) is 12.7 Å². The number of piperazine rings is 1. The predicted molar refractivity (Wildman–Crippen MR) is 88.4 cm³/mol. The number of nitrogens with one attached hydrogen (secondary N) is 2. The largest absolute Gasteiger partial charge is 0.368 e. The van der Waals surface area contributed by atoms with Gasteiger partial charge in [-0.1, -0.05) is 0 Å². The van der Waals surface area contributed by atoms with Gasteiger partial charge in [-0.15, -0.1) is 0 Å². The first-order chi connectivity index (χ1) is 11.1. The summed E-state index contributed by atoms with van der Waals surface area (Å²) in [4.78, 5) is 18.7. The second-order valence-electron chi connectivity index (χ2n) is 5.61. The van der Waals surface area contributed by atoms with E-state index in [1.807, 2.05) is 6.07 Å². The topological polar surface area (TPSA) is 57.3 Å². The first-order valence-electron chi connectivity index (χ1n) is 7.62. The van der Waals surface area contributed by atoms with Crippen LogP contribution in [-0.4, -0.2) is 37.1 Å². The number of amides is 1. The van der Waals surface area contributed by atoms with Gasteiger partial charge in [0.05, 0.1) is 11.9 Å². The Morgan fingerprint density at radius 3 is 2.70 bits per heavy atom. The van der Waals surface area contributed by atoms with Crippen LogP contribution in [0.1, 0.15) is 15.9 Å². The fraction of sp³-hybridized carbons (Fsp3) is 0.294. The van der Waals surface area contributed by atoms with E-state index in [0.29, 0.717) is 11.4 Å². The summed E-state index contributed by atoms with van der Waals surface area (Å²) in [6, 6.07) is 7.95. The number of carbonyl (C=O) groups excluding carboxylic acids is 1. The van der Waals surface area contributed by atoms with Gasteiger partial charge in [-0.25, -0.2) is 9.37 Å². The fourth-order valence-electron chi connectivity index (χ4n) is 2.63. The van der Waals surface area contributed by atoms with Crippen LogP contribution in [0.3, 0.4) is 0 Å². The first-order valence-corrected chi connectivity index (χ1v) is 7.62. The van der Waals surface area contributed by atoms with Crippen molar-refractivity contribution in [2.45, 2.75) is 6.92 Å². The zero-order valence-electron chi connectivity index (χ0n) is 13.0. The Morgan fingerprint density at radius 2 is 2.04 bits per heavy atom. The second kappa shape index (κ2) is 6.75. The van der Waals surface area contributed by atoms with Crippen LogP contribution in [-0.2, 0) is 0 Å². The van der Waals surface area contributed by atoms with Gasteiger partial charge in [0, 0.05) is 31.7 Å². The molecule has 1 amide bonds. The Labute approximate surface area is 134 Å². The van der Waals surface area contributed by atoms with Gasteiger partial charge in [-0.3, -0.25) is 4.79 Å². The van der Waals surface area contributed by atoms with Crippen molar-refractivity contribution in [2.24, 2.45) is 0 Å². The summed E-state index contributed by atoms with van der Waals surface area (Å²) < 4.78 is 13.4. The molecule has 2 N–H and O–H groups in total. The molecule has 6 heteroatoms. The van der Waals surface area contributed by atoms with Gasteiger partial charge in [-0.2, -0.15) is 0 Å². The molecule has 0 atom stereocenters. The van der Waals surface area contributed by atoms with E-state index in [4.69, 9.17) is 0 Å². The van der Waals surface area contributed by atoms with Crippen LogP contribution in [0.5, 0.6) is 0 Å². The molecule has 1 aromatic heterocycles. The fourth-order valence-corrected chi connectivity index (χ4v) is 2.63. The highest BCUT2D eigenvalue weighted by atomic mass is 19.1. The number of benzene rings is 1. The van der Waals surface area contributed by atoms with Crippen molar-refractivity contribution < 1.29 is 9.18 Å². The zero-order chi connectivity index (χ0) is 16.2. The van der Waals surface area contributed by atoms with E-state index in [9.17, 15) is 9.18 Å². The highest BCUT2D eigenvalue weighted by Gasteiger charge is 2.12. The normalized spacial score (nSPS) is 14.6. The maximum absolute atomic E-state index is 13.4. The number of carbonyl (C=O) groups is 1. The van der Waals surface area contributed by atoms with Gasteiger partial charge < -0.3 is 15.5 Å². The third-order valence-corrected chi connectivity index (χ3v) is 3.78. The quantitative estimate of drug-likeness (QED) is 0.912. The van der Waals surface area contributed by atoms with E-state index in [-0.39, 0.29) is 11.5 Å². The van der Waals surface area contributed by atoms with E-state index in [2.05, 4.69) is 20.5 Å². The van der Waals surface area contributed by atoms with Crippen LogP contribution in [0.2, 0.25) is 0 Å². The Bertz CT molecular complexity index is 676. The van der Waals surface area contributed by atoms with E-state index >= 15 is 0 Å². The van der Waals surface area contributed by atoms with E-state index in [1.165, 1.54) is 12.1 Å². The van der Waals surface area contributed by atoms with Crippen molar-refractivity contribution in [2.75, 3.05) is 36.4 Å². The van der Waals surface area contributed by atoms with Crippen molar-refractivity contribution in [3.8, 4) is 0 Å². The molecular formula is C17H19FN4O. The number of hydrogen-bond donors (Lipinski definition) is 2. The van der Waals surface area contributed by atoms with Gasteiger partial charge >= 0.3 is 0 Å². The Morgan fingerprint density at radius 1 is 1.26 bits per heavy atom. The lowest BCUT2D eigenvalue weighted by molar-refractivity contribution is 0.102. The van der Waals surface area contributed by atoms with Gasteiger partial charge in [0.1, 0.15) is 11.6 Å². The molecule has 1 aliphatic heterocycles. The van der Waals surface area contributed by atoms with Crippen molar-refractivity contribution in [1.82, 2.24) is 10.3 Å². The third-order valence-electron chi connectivity index (χ3n) is 3.78. The zero-order valence-corrected chi connectivity index (χ0v) is 13.0. The van der Waals surface area contributed by atoms with Crippen LogP contribution in [0.25, 0.3) is 0 Å². The summed E-state index contributed by atoms with van der Waals surface area (Å²) in [5.74, 6) is -0.331. The van der Waals surface area contributed by atoms with Gasteiger partial charge in [0.2, 0.25) is 0 Å². The number of aromatic nitrogens is 1. The lowest BCUT2D eigenvalue weighted by Gasteiger charge is -2.29. The Balaban J connectivity index is 1.68. The standard InChI is InChI=1S/C17H19FN4O/c1-12-8-13(10-14(18)9-12)17(23)21-16-3-2-15(11-20-16)22-6-4-19-5-7-22/h2-3,8-11,19H,4-7H2,1H3,(H,20,21,23). The van der Waals surface area contributed by atoms with Gasteiger partial charge in [0.25, 0.3) is 5.91 Å². The molecule has 3 rings (SSSR count). The third kappa shape index (κ3) is 3.84. The highest BCUT2D eigenvalue weighted by molar-refractivity contribution is 6.03. The molecule has 1 saturated heterocycles. The van der Waals surface area contributed by atoms with Crippen LogP contribution in [0.15, 0.2) is 36.5 Å². The molecule has 0 radical (unpaired) electrons. The van der Waals surface area contributed by atoms with Gasteiger partial charge in [-0.05, 0) is 42.8 Å². The summed E-state index contributed by atoms with van der Waals surface area (Å²) >= 11 is 0. The molecule has 0 spiro atoms. The molecule has 0 aliphatic carbocycles. The molecule has 2 aromatic rings. The Hall–Kier alpha value is -2.47. The van der Waals surface area contributed by atoms with Crippen molar-refractivity contribution in [1.29, 1.82) is 0 Å². The lowest BCUT2D eigenvalue weighted by Crippen LogP contribution is -2.43. The van der Waals surface area contributed by atoms with E-state index < -0.39 is 5.82 Å². The minimum absolute atomic E-state index is 0.287. The van der Waals surface area contributed by atoms with Crippen LogP contribution in [0.4, 0.5) is 15.9 Å². The maximum atomic E-state index is 13.4. The number of anilines is 2. The second-order valence-corrected chi connectivity index (χ2v) is 5.61. The lowest BCUT2D eigenvalue weighted by atomic mass is 10.1. The number of hydrogen-bond acceptors (Lipinski definition) is 4. The minimum Gasteiger partial charge on any atom is -0.368 e. The molecule has 1 fully saturated rings. The summed E-state index contributed by atoms with van der Waals surface area (Å²) in [7, 11) is 0. The first kappa shape index (κ1) is 15.4. The predicted octanol–water partition coefficient (Wildman–Crippen LogP) is 2.19. The van der Waals surface area contributed by atoms with Gasteiger partial charge in [0.15, 0.2) is 0 Å². The molecule has 120 valence electrons. The van der Waals surface area contributed by atoms with E-state index in [1.54, 1.807) is 25.3 Å². The molecule has 1 aromatic carbocycles. The summed E-state index contributed by atoms with van der Waals surface area (Å²) in [6.45, 7) is 5.54. The summed E-state index contributed by atoms with van der Waals surface area (Å²) in [5, 5.41) is 5.99. The van der Waals surface area contributed by atoms with Crippen molar-refractivity contribution in [3.63, 3.8) is 0 Å². The molecule has 0 bridgehead atoms. The molecule has 1 aliphatic rings. The summed E-state index contributed by atoms with van der Waals surface area (Å²) in [6.07, 6.45) is 1.75. The summed E-state index contributed by atoms with van der Waals surface area (Å²) in [5.41, 5.74) is 2.03. The van der Waals surface area contributed by atoms with Crippen molar-refractivity contribution >= 4 is 17.4 Å². The average Bonchev–Trinajstić information content (AvgIpc) is 2.55. The van der Waals surface area contributed by atoms with Crippen LogP contribution >= 0.6 is 0 Å². The smallest absolute Gasteiger partial charge is 0.256 e. The number of pyridine rings is 1. The van der Waals surface area contributed by atoms with E-state index in [0.717, 1.165) is 31.9 Å². The van der Waals surface area contributed by atoms with Crippen molar-refractivity contribution in [3.05, 3.63) is 53.5 Å². The maximum Gasteiger partial charge on any atom is 0.256 e. The monoisotopic (exact) mass is 314 g/mol. The average molecular weight is 314 g/mol. The number of rotatable bonds is 3. The molecule has 0 saturated carbocycles. The number of nitrogens with zero attached hydrogens (tertiary/aromatic N) is 2. The molecular weight excluding hydrogens is 295 g/mol. The van der Waals surface area contributed by atoms with Crippen LogP contribution < -0.4 is 15.5 Å². The highest BCUT2D eigenvalue weighted by Crippen LogP contribution is 2.16. The molecule has 2 heterocycles. The number of halogens is 1. The molecule has 0 unspecified atom stereocenters. The SMILES string of the molecule is Cc1cc(F)cc(C(=O)Nc2ccc(N3CCNCC3)cn2)c1. The minimum atomic E-state index is -0.419. The number of aryl methyl sites for hydroxylation is 1. The molecule has 5 nitrogen and oxygen atoms in total. The molecule has 23 heavy (non-hydrogen) atoms.